The fourth-order valence-corrected chi connectivity index (χ4v) is 2.97. The van der Waals surface area contributed by atoms with Crippen LogP contribution in [0.1, 0.15) is 32.6 Å². The van der Waals surface area contributed by atoms with Gasteiger partial charge in [0.15, 0.2) is 0 Å². The van der Waals surface area contributed by atoms with E-state index in [0.29, 0.717) is 19.0 Å². The maximum Gasteiger partial charge on any atom is 0.237 e. The van der Waals surface area contributed by atoms with Crippen molar-refractivity contribution in [3.63, 3.8) is 0 Å². The minimum Gasteiger partial charge on any atom is -0.392 e. The number of nitrogens with one attached hydrogen (secondary N) is 2. The first-order valence-corrected chi connectivity index (χ1v) is 7.14. The van der Waals surface area contributed by atoms with Crippen molar-refractivity contribution in [2.45, 2.75) is 50.8 Å². The quantitative estimate of drug-likeness (QED) is 0.705. The molecule has 2 fully saturated rings. The van der Waals surface area contributed by atoms with E-state index < -0.39 is 0 Å². The number of aliphatic hydroxyl groups excluding tert-OH is 1. The van der Waals surface area contributed by atoms with Crippen molar-refractivity contribution in [3.8, 4) is 0 Å². The summed E-state index contributed by atoms with van der Waals surface area (Å²) in [5.74, 6) is 0.0353. The van der Waals surface area contributed by atoms with Gasteiger partial charge in [-0.3, -0.25) is 9.69 Å². The summed E-state index contributed by atoms with van der Waals surface area (Å²) in [5.41, 5.74) is 0. The van der Waals surface area contributed by atoms with Gasteiger partial charge in [0.1, 0.15) is 0 Å². The van der Waals surface area contributed by atoms with Gasteiger partial charge in [0, 0.05) is 19.1 Å². The summed E-state index contributed by atoms with van der Waals surface area (Å²) < 4.78 is 0. The highest BCUT2D eigenvalue weighted by Crippen LogP contribution is 2.16. The van der Waals surface area contributed by atoms with Crippen LogP contribution >= 0.6 is 24.8 Å². The van der Waals surface area contributed by atoms with Gasteiger partial charge in [0.2, 0.25) is 5.91 Å². The number of likely N-dealkylation sites (N-methyl/N-ethyl adjacent to an activating group) is 1. The van der Waals surface area contributed by atoms with Crippen LogP contribution in [0.15, 0.2) is 0 Å². The summed E-state index contributed by atoms with van der Waals surface area (Å²) in [6, 6.07) is 0.276. The molecule has 2 rings (SSSR count). The molecular weight excluding hydrogens is 301 g/mol. The zero-order valence-electron chi connectivity index (χ0n) is 12.0. The van der Waals surface area contributed by atoms with Crippen LogP contribution in [0.3, 0.4) is 0 Å². The van der Waals surface area contributed by atoms with Gasteiger partial charge >= 0.3 is 0 Å². The van der Waals surface area contributed by atoms with E-state index in [9.17, 15) is 9.90 Å². The van der Waals surface area contributed by atoms with Crippen LogP contribution in [0.2, 0.25) is 0 Å². The third-order valence-corrected chi connectivity index (χ3v) is 4.09. The number of likely N-dealkylation sites (tertiary alicyclic amines) is 1. The molecule has 0 aromatic rings. The number of rotatable bonds is 4. The van der Waals surface area contributed by atoms with Gasteiger partial charge in [-0.15, -0.1) is 24.8 Å². The largest absolute Gasteiger partial charge is 0.392 e. The Kier molecular flexibility index (Phi) is 9.76. The van der Waals surface area contributed by atoms with Crippen LogP contribution in [0, 0.1) is 0 Å². The Morgan fingerprint density at radius 2 is 2.15 bits per heavy atom. The van der Waals surface area contributed by atoms with E-state index in [1.807, 2.05) is 0 Å². The lowest BCUT2D eigenvalue weighted by molar-refractivity contribution is -0.123. The molecule has 3 N–H and O–H groups in total. The standard InChI is InChI=1S/C13H25N3O2.2ClH/c1-2-16-6-4-3-5-10(16)8-15-13(18)12-7-11(17)9-14-12;;/h10-12,14,17H,2-9H2,1H3,(H,15,18);2*1H. The molecule has 2 aliphatic rings. The summed E-state index contributed by atoms with van der Waals surface area (Å²) in [4.78, 5) is 14.4. The number of carbonyl (C=O) groups excluding carboxylic acids is 1. The summed E-state index contributed by atoms with van der Waals surface area (Å²) in [5, 5.41) is 15.5. The first-order valence-electron chi connectivity index (χ1n) is 7.14. The molecular formula is C13H27Cl2N3O2. The van der Waals surface area contributed by atoms with Gasteiger partial charge in [-0.2, -0.15) is 0 Å². The van der Waals surface area contributed by atoms with Gasteiger partial charge in [0.05, 0.1) is 12.1 Å². The number of halogens is 2. The second-order valence-electron chi connectivity index (χ2n) is 5.37. The maximum absolute atomic E-state index is 11.9. The normalized spacial score (nSPS) is 30.2. The highest BCUT2D eigenvalue weighted by molar-refractivity contribution is 5.85. The first-order chi connectivity index (χ1) is 8.70. The lowest BCUT2D eigenvalue weighted by Crippen LogP contribution is -2.49. The molecule has 1 amide bonds. The predicted octanol–water partition coefficient (Wildman–Crippen LogP) is 0.543. The lowest BCUT2D eigenvalue weighted by Gasteiger charge is -2.35. The van der Waals surface area contributed by atoms with Crippen LogP contribution in [-0.4, -0.2) is 60.3 Å². The van der Waals surface area contributed by atoms with Crippen molar-refractivity contribution in [1.82, 2.24) is 15.5 Å². The van der Waals surface area contributed by atoms with Crippen LogP contribution in [0.5, 0.6) is 0 Å². The first kappa shape index (κ1) is 19.9. The third kappa shape index (κ3) is 5.37. The second kappa shape index (κ2) is 9.79. The number of hydrogen-bond acceptors (Lipinski definition) is 4. The number of piperidine rings is 1. The summed E-state index contributed by atoms with van der Waals surface area (Å²) >= 11 is 0. The number of carbonyl (C=O) groups is 1. The molecule has 0 aliphatic carbocycles. The van der Waals surface area contributed by atoms with Gasteiger partial charge < -0.3 is 15.7 Å². The van der Waals surface area contributed by atoms with E-state index in [0.717, 1.165) is 19.6 Å². The summed E-state index contributed by atoms with van der Waals surface area (Å²) in [6.45, 7) is 5.65. The summed E-state index contributed by atoms with van der Waals surface area (Å²) in [6.07, 6.45) is 3.87. The van der Waals surface area contributed by atoms with E-state index in [2.05, 4.69) is 22.5 Å². The van der Waals surface area contributed by atoms with Crippen molar-refractivity contribution >= 4 is 30.7 Å². The second-order valence-corrected chi connectivity index (χ2v) is 5.37. The van der Waals surface area contributed by atoms with E-state index in [1.54, 1.807) is 0 Å². The van der Waals surface area contributed by atoms with Crippen LogP contribution in [0.25, 0.3) is 0 Å². The van der Waals surface area contributed by atoms with E-state index in [1.165, 1.54) is 19.3 Å². The molecule has 0 spiro atoms. The van der Waals surface area contributed by atoms with Crippen molar-refractivity contribution in [1.29, 1.82) is 0 Å². The molecule has 0 radical (unpaired) electrons. The van der Waals surface area contributed by atoms with Gasteiger partial charge in [-0.05, 0) is 32.4 Å². The Balaban J connectivity index is 0.00000180. The van der Waals surface area contributed by atoms with Crippen LogP contribution < -0.4 is 10.6 Å². The highest BCUT2D eigenvalue weighted by Gasteiger charge is 2.29. The predicted molar refractivity (Wildman–Crippen MR) is 84.8 cm³/mol. The SMILES string of the molecule is CCN1CCCCC1CNC(=O)C1CC(O)CN1.Cl.Cl. The number of nitrogens with zero attached hydrogens (tertiary/aromatic N) is 1. The monoisotopic (exact) mass is 327 g/mol. The number of aliphatic hydroxyl groups is 1. The molecule has 2 heterocycles. The van der Waals surface area contributed by atoms with Gasteiger partial charge in [-0.1, -0.05) is 13.3 Å². The van der Waals surface area contributed by atoms with Crippen molar-refractivity contribution in [3.05, 3.63) is 0 Å². The van der Waals surface area contributed by atoms with Gasteiger partial charge in [0.25, 0.3) is 0 Å². The van der Waals surface area contributed by atoms with E-state index >= 15 is 0 Å². The van der Waals surface area contributed by atoms with Crippen molar-refractivity contribution < 1.29 is 9.90 Å². The molecule has 120 valence electrons. The van der Waals surface area contributed by atoms with Crippen LogP contribution in [0.4, 0.5) is 0 Å². The zero-order chi connectivity index (χ0) is 13.0. The third-order valence-electron chi connectivity index (χ3n) is 4.09. The average Bonchev–Trinajstić information content (AvgIpc) is 2.83. The molecule has 3 unspecified atom stereocenters. The maximum atomic E-state index is 11.9. The fourth-order valence-electron chi connectivity index (χ4n) is 2.97. The molecule has 2 aliphatic heterocycles. The number of hydrogen-bond donors (Lipinski definition) is 3. The average molecular weight is 328 g/mol. The van der Waals surface area contributed by atoms with Crippen molar-refractivity contribution in [2.75, 3.05) is 26.2 Å². The topological polar surface area (TPSA) is 64.6 Å². The Hall–Kier alpha value is -0.0700. The molecule has 5 nitrogen and oxygen atoms in total. The Bertz CT molecular complexity index is 295. The highest BCUT2D eigenvalue weighted by atomic mass is 35.5. The summed E-state index contributed by atoms with van der Waals surface area (Å²) in [7, 11) is 0. The number of β-amino-alcohol motifs (C(OH)–C–C–N with tert-alkyl or cyclic N) is 1. The molecule has 0 saturated carbocycles. The van der Waals surface area contributed by atoms with E-state index in [4.69, 9.17) is 0 Å². The molecule has 2 saturated heterocycles. The van der Waals surface area contributed by atoms with Crippen molar-refractivity contribution in [2.24, 2.45) is 0 Å². The number of amides is 1. The molecule has 0 bridgehead atoms. The molecule has 20 heavy (non-hydrogen) atoms. The minimum atomic E-state index is -0.373. The minimum absolute atomic E-state index is 0. The Morgan fingerprint density at radius 3 is 2.75 bits per heavy atom. The zero-order valence-corrected chi connectivity index (χ0v) is 13.6. The Morgan fingerprint density at radius 1 is 1.40 bits per heavy atom. The Labute approximate surface area is 133 Å². The molecule has 7 heteroatoms. The molecule has 0 aromatic heterocycles. The molecule has 0 aromatic carbocycles. The smallest absolute Gasteiger partial charge is 0.237 e. The molecule has 3 atom stereocenters. The van der Waals surface area contributed by atoms with Crippen LogP contribution in [-0.2, 0) is 4.79 Å². The van der Waals surface area contributed by atoms with Gasteiger partial charge in [-0.25, -0.2) is 0 Å². The van der Waals surface area contributed by atoms with E-state index in [-0.39, 0.29) is 42.9 Å². The lowest BCUT2D eigenvalue weighted by atomic mass is 10.0. The fraction of sp³-hybridized carbons (Fsp3) is 0.923.